The van der Waals surface area contributed by atoms with Gasteiger partial charge in [0, 0.05) is 35.0 Å². The molecule has 1 aromatic carbocycles. The minimum atomic E-state index is 0.238. The Kier molecular flexibility index (Phi) is 4.00. The summed E-state index contributed by atoms with van der Waals surface area (Å²) >= 11 is 1.93. The van der Waals surface area contributed by atoms with Gasteiger partial charge in [-0.15, -0.1) is 11.8 Å². The maximum absolute atomic E-state index is 5.90. The molecule has 17 heavy (non-hydrogen) atoms. The first kappa shape index (κ1) is 12.8. The molecule has 1 aromatic rings. The lowest BCUT2D eigenvalue weighted by Crippen LogP contribution is -2.34. The summed E-state index contributed by atoms with van der Waals surface area (Å²) in [6, 6.07) is 7.09. The molecule has 2 N–H and O–H groups in total. The SMILES string of the molecule is CC(N)CN1CCc2ccc(SC(C)C)cc21. The highest BCUT2D eigenvalue weighted by atomic mass is 32.2. The van der Waals surface area contributed by atoms with E-state index in [1.165, 1.54) is 16.1 Å². The molecule has 2 rings (SSSR count). The summed E-state index contributed by atoms with van der Waals surface area (Å²) in [6.45, 7) is 8.62. The molecule has 1 atom stereocenters. The highest BCUT2D eigenvalue weighted by molar-refractivity contribution is 7.99. The van der Waals surface area contributed by atoms with E-state index in [2.05, 4.69) is 43.9 Å². The number of thioether (sulfide) groups is 1. The van der Waals surface area contributed by atoms with E-state index < -0.39 is 0 Å². The maximum atomic E-state index is 5.90. The lowest BCUT2D eigenvalue weighted by atomic mass is 10.2. The van der Waals surface area contributed by atoms with Crippen molar-refractivity contribution in [3.8, 4) is 0 Å². The quantitative estimate of drug-likeness (QED) is 0.833. The number of hydrogen-bond acceptors (Lipinski definition) is 3. The third-order valence-electron chi connectivity index (χ3n) is 2.93. The van der Waals surface area contributed by atoms with Crippen LogP contribution in [-0.4, -0.2) is 24.4 Å². The number of anilines is 1. The van der Waals surface area contributed by atoms with Crippen molar-refractivity contribution < 1.29 is 0 Å². The Labute approximate surface area is 109 Å². The van der Waals surface area contributed by atoms with Crippen LogP contribution in [0.15, 0.2) is 23.1 Å². The number of fused-ring (bicyclic) bond motifs is 1. The van der Waals surface area contributed by atoms with E-state index in [1.807, 2.05) is 11.8 Å². The van der Waals surface area contributed by atoms with Gasteiger partial charge in [0.2, 0.25) is 0 Å². The summed E-state index contributed by atoms with van der Waals surface area (Å²) < 4.78 is 0. The molecule has 0 saturated carbocycles. The molecule has 0 spiro atoms. The van der Waals surface area contributed by atoms with Gasteiger partial charge >= 0.3 is 0 Å². The minimum absolute atomic E-state index is 0.238. The molecule has 0 saturated heterocycles. The van der Waals surface area contributed by atoms with Gasteiger partial charge in [-0.25, -0.2) is 0 Å². The average Bonchev–Trinajstić information content (AvgIpc) is 2.59. The molecule has 1 heterocycles. The molecule has 2 nitrogen and oxygen atoms in total. The highest BCUT2D eigenvalue weighted by Crippen LogP contribution is 2.33. The largest absolute Gasteiger partial charge is 0.369 e. The van der Waals surface area contributed by atoms with Gasteiger partial charge in [-0.05, 0) is 31.0 Å². The zero-order valence-corrected chi connectivity index (χ0v) is 11.8. The number of benzene rings is 1. The van der Waals surface area contributed by atoms with Crippen LogP contribution < -0.4 is 10.6 Å². The lowest BCUT2D eigenvalue weighted by Gasteiger charge is -2.22. The fourth-order valence-electron chi connectivity index (χ4n) is 2.31. The van der Waals surface area contributed by atoms with Gasteiger partial charge in [0.15, 0.2) is 0 Å². The van der Waals surface area contributed by atoms with Gasteiger partial charge < -0.3 is 10.6 Å². The maximum Gasteiger partial charge on any atom is 0.0411 e. The number of hydrogen-bond donors (Lipinski definition) is 1. The van der Waals surface area contributed by atoms with Crippen LogP contribution in [0.3, 0.4) is 0 Å². The Bertz CT molecular complexity index is 388. The topological polar surface area (TPSA) is 29.3 Å². The predicted octanol–water partition coefficient (Wildman–Crippen LogP) is 2.90. The van der Waals surface area contributed by atoms with Gasteiger partial charge in [0.05, 0.1) is 0 Å². The molecule has 0 aliphatic carbocycles. The van der Waals surface area contributed by atoms with E-state index in [-0.39, 0.29) is 6.04 Å². The van der Waals surface area contributed by atoms with Crippen molar-refractivity contribution in [1.82, 2.24) is 0 Å². The summed E-state index contributed by atoms with van der Waals surface area (Å²) in [5.74, 6) is 0. The smallest absolute Gasteiger partial charge is 0.0411 e. The van der Waals surface area contributed by atoms with Crippen LogP contribution in [0.5, 0.6) is 0 Å². The highest BCUT2D eigenvalue weighted by Gasteiger charge is 2.20. The molecule has 0 radical (unpaired) electrons. The van der Waals surface area contributed by atoms with Gasteiger partial charge in [0.25, 0.3) is 0 Å². The van der Waals surface area contributed by atoms with Crippen LogP contribution >= 0.6 is 11.8 Å². The van der Waals surface area contributed by atoms with E-state index in [1.54, 1.807) is 0 Å². The Morgan fingerprint density at radius 2 is 2.12 bits per heavy atom. The van der Waals surface area contributed by atoms with Crippen LogP contribution in [0.1, 0.15) is 26.3 Å². The van der Waals surface area contributed by atoms with E-state index >= 15 is 0 Å². The summed E-state index contributed by atoms with van der Waals surface area (Å²) in [7, 11) is 0. The van der Waals surface area contributed by atoms with Crippen LogP contribution in [-0.2, 0) is 6.42 Å². The van der Waals surface area contributed by atoms with Gasteiger partial charge in [-0.1, -0.05) is 19.9 Å². The predicted molar refractivity (Wildman–Crippen MR) is 77.0 cm³/mol. The Morgan fingerprint density at radius 1 is 1.35 bits per heavy atom. The molecule has 0 bridgehead atoms. The second kappa shape index (κ2) is 5.32. The third-order valence-corrected chi connectivity index (χ3v) is 3.93. The summed E-state index contributed by atoms with van der Waals surface area (Å²) in [5.41, 5.74) is 8.77. The molecular formula is C14H22N2S. The molecule has 0 amide bonds. The minimum Gasteiger partial charge on any atom is -0.369 e. The first-order valence-corrected chi connectivity index (χ1v) is 7.24. The number of nitrogens with two attached hydrogens (primary N) is 1. The Morgan fingerprint density at radius 3 is 2.76 bits per heavy atom. The summed E-state index contributed by atoms with van der Waals surface area (Å²) in [5, 5.41) is 0.635. The van der Waals surface area contributed by atoms with Crippen molar-refractivity contribution in [2.45, 2.75) is 43.4 Å². The van der Waals surface area contributed by atoms with Crippen molar-refractivity contribution in [1.29, 1.82) is 0 Å². The fraction of sp³-hybridized carbons (Fsp3) is 0.571. The number of nitrogens with zero attached hydrogens (tertiary/aromatic N) is 1. The van der Waals surface area contributed by atoms with E-state index in [9.17, 15) is 0 Å². The van der Waals surface area contributed by atoms with Crippen LogP contribution in [0, 0.1) is 0 Å². The van der Waals surface area contributed by atoms with Gasteiger partial charge in [0.1, 0.15) is 0 Å². The second-order valence-corrected chi connectivity index (χ2v) is 6.78. The number of rotatable bonds is 4. The molecule has 1 unspecified atom stereocenters. The van der Waals surface area contributed by atoms with E-state index in [0.29, 0.717) is 5.25 Å². The van der Waals surface area contributed by atoms with Crippen LogP contribution in [0.2, 0.25) is 0 Å². The van der Waals surface area contributed by atoms with Crippen molar-refractivity contribution in [2.75, 3.05) is 18.0 Å². The van der Waals surface area contributed by atoms with Crippen molar-refractivity contribution >= 4 is 17.4 Å². The fourth-order valence-corrected chi connectivity index (χ4v) is 3.18. The summed E-state index contributed by atoms with van der Waals surface area (Å²) in [4.78, 5) is 3.79. The normalized spacial score (nSPS) is 16.4. The van der Waals surface area contributed by atoms with Gasteiger partial charge in [-0.2, -0.15) is 0 Å². The van der Waals surface area contributed by atoms with E-state index in [4.69, 9.17) is 5.73 Å². The zero-order chi connectivity index (χ0) is 12.4. The molecule has 1 aliphatic heterocycles. The molecule has 0 aromatic heterocycles. The standard InChI is InChI=1S/C14H22N2S/c1-10(2)17-13-5-4-12-6-7-16(9-11(3)15)14(12)8-13/h4-5,8,10-11H,6-7,9,15H2,1-3H3. The Hall–Kier alpha value is -0.670. The zero-order valence-electron chi connectivity index (χ0n) is 10.9. The first-order valence-electron chi connectivity index (χ1n) is 6.36. The van der Waals surface area contributed by atoms with Crippen molar-refractivity contribution in [2.24, 2.45) is 5.73 Å². The monoisotopic (exact) mass is 250 g/mol. The van der Waals surface area contributed by atoms with Crippen molar-refractivity contribution in [3.63, 3.8) is 0 Å². The third kappa shape index (κ3) is 3.17. The van der Waals surface area contributed by atoms with Crippen molar-refractivity contribution in [3.05, 3.63) is 23.8 Å². The Balaban J connectivity index is 2.18. The second-order valence-electron chi connectivity index (χ2n) is 5.13. The molecule has 1 aliphatic rings. The first-order chi connectivity index (χ1) is 8.06. The molecule has 0 fully saturated rings. The molecule has 94 valence electrons. The average molecular weight is 250 g/mol. The summed E-state index contributed by atoms with van der Waals surface area (Å²) in [6.07, 6.45) is 1.16. The van der Waals surface area contributed by atoms with Crippen LogP contribution in [0.4, 0.5) is 5.69 Å². The van der Waals surface area contributed by atoms with Gasteiger partial charge in [-0.3, -0.25) is 0 Å². The molecule has 3 heteroatoms. The van der Waals surface area contributed by atoms with Crippen LogP contribution in [0.25, 0.3) is 0 Å². The lowest BCUT2D eigenvalue weighted by molar-refractivity contribution is 0.693. The molecular weight excluding hydrogens is 228 g/mol. The van der Waals surface area contributed by atoms with E-state index in [0.717, 1.165) is 19.5 Å².